The average Bonchev–Trinajstić information content (AvgIpc) is 2.59. The number of pyridine rings is 1. The van der Waals surface area contributed by atoms with Crippen molar-refractivity contribution >= 4 is 15.9 Å². The highest BCUT2D eigenvalue weighted by atomic mass is 79.9. The van der Waals surface area contributed by atoms with Gasteiger partial charge in [-0.2, -0.15) is 0 Å². The Morgan fingerprint density at radius 2 is 2.17 bits per heavy atom. The van der Waals surface area contributed by atoms with Crippen LogP contribution in [0.2, 0.25) is 0 Å². The van der Waals surface area contributed by atoms with Crippen molar-refractivity contribution in [3.63, 3.8) is 0 Å². The molecule has 2 heterocycles. The van der Waals surface area contributed by atoms with Gasteiger partial charge in [0.05, 0.1) is 7.11 Å². The minimum Gasteiger partial charge on any atom is -0.504 e. The third kappa shape index (κ3) is 3.65. The lowest BCUT2D eigenvalue weighted by Gasteiger charge is -2.36. The first-order valence-corrected chi connectivity index (χ1v) is 8.38. The van der Waals surface area contributed by atoms with Gasteiger partial charge in [-0.1, -0.05) is 15.9 Å². The number of benzene rings is 1. The van der Waals surface area contributed by atoms with Crippen LogP contribution in [0.3, 0.4) is 0 Å². The molecule has 1 aromatic carbocycles. The highest BCUT2D eigenvalue weighted by Crippen LogP contribution is 2.34. The number of aromatic nitrogens is 1. The van der Waals surface area contributed by atoms with E-state index in [4.69, 9.17) is 4.74 Å². The topological polar surface area (TPSA) is 57.6 Å². The molecule has 23 heavy (non-hydrogen) atoms. The Labute approximate surface area is 144 Å². The Balaban J connectivity index is 1.84. The van der Waals surface area contributed by atoms with Gasteiger partial charge in [0, 0.05) is 49.1 Å². The number of hydrogen-bond acceptors (Lipinski definition) is 5. The number of ether oxygens (including phenoxy) is 1. The minimum absolute atomic E-state index is 0.168. The average molecular weight is 378 g/mol. The van der Waals surface area contributed by atoms with Gasteiger partial charge >= 0.3 is 0 Å². The summed E-state index contributed by atoms with van der Waals surface area (Å²) in [5.41, 5.74) is 2.30. The fraction of sp³-hybridized carbons (Fsp3) is 0.353. The third-order valence-corrected chi connectivity index (χ3v) is 4.90. The number of phenols is 1. The third-order valence-electron chi connectivity index (χ3n) is 4.17. The van der Waals surface area contributed by atoms with E-state index in [0.717, 1.165) is 36.2 Å². The Morgan fingerprint density at radius 1 is 1.39 bits per heavy atom. The van der Waals surface area contributed by atoms with Gasteiger partial charge in [0.1, 0.15) is 0 Å². The van der Waals surface area contributed by atoms with Crippen LogP contribution in [0.1, 0.15) is 17.2 Å². The van der Waals surface area contributed by atoms with Gasteiger partial charge in [0.2, 0.25) is 0 Å². The molecule has 1 aliphatic rings. The monoisotopic (exact) mass is 377 g/mol. The number of halogens is 1. The van der Waals surface area contributed by atoms with Crippen LogP contribution in [-0.4, -0.2) is 41.7 Å². The largest absolute Gasteiger partial charge is 0.504 e. The Kier molecular flexibility index (Phi) is 5.15. The molecular weight excluding hydrogens is 358 g/mol. The highest BCUT2D eigenvalue weighted by molar-refractivity contribution is 9.10. The molecule has 5 nitrogen and oxygen atoms in total. The van der Waals surface area contributed by atoms with Crippen LogP contribution in [-0.2, 0) is 6.54 Å². The molecular formula is C17H20BrN3O2. The number of hydrogen-bond donors (Lipinski definition) is 2. The molecule has 0 aliphatic carbocycles. The van der Waals surface area contributed by atoms with E-state index in [0.29, 0.717) is 11.8 Å². The molecule has 1 atom stereocenters. The van der Waals surface area contributed by atoms with Gasteiger partial charge in [0.25, 0.3) is 0 Å². The molecule has 1 aromatic heterocycles. The molecule has 6 heteroatoms. The highest BCUT2D eigenvalue weighted by Gasteiger charge is 2.24. The van der Waals surface area contributed by atoms with E-state index in [9.17, 15) is 5.11 Å². The number of phenolic OH excluding ortho intramolecular Hbond substituents is 1. The summed E-state index contributed by atoms with van der Waals surface area (Å²) in [5.74, 6) is 0.646. The van der Waals surface area contributed by atoms with E-state index in [1.807, 2.05) is 18.5 Å². The zero-order valence-electron chi connectivity index (χ0n) is 13.0. The summed E-state index contributed by atoms with van der Waals surface area (Å²) >= 11 is 3.58. The van der Waals surface area contributed by atoms with Crippen LogP contribution in [0.25, 0.3) is 0 Å². The second-order valence-corrected chi connectivity index (χ2v) is 6.44. The number of nitrogens with one attached hydrogen (secondary N) is 1. The quantitative estimate of drug-likeness (QED) is 0.857. The van der Waals surface area contributed by atoms with E-state index >= 15 is 0 Å². The molecule has 0 spiro atoms. The van der Waals surface area contributed by atoms with Crippen molar-refractivity contribution in [1.29, 1.82) is 0 Å². The SMILES string of the molecule is COc1cc(Br)c(CN2CCNCC2c2ccncc2)cc1O. The van der Waals surface area contributed by atoms with E-state index < -0.39 is 0 Å². The summed E-state index contributed by atoms with van der Waals surface area (Å²) in [4.78, 5) is 6.52. The van der Waals surface area contributed by atoms with Crippen LogP contribution in [0.15, 0.2) is 41.1 Å². The van der Waals surface area contributed by atoms with Gasteiger partial charge in [-0.25, -0.2) is 0 Å². The Bertz CT molecular complexity index is 666. The van der Waals surface area contributed by atoms with E-state index in [2.05, 4.69) is 43.3 Å². The minimum atomic E-state index is 0.168. The number of nitrogens with zero attached hydrogens (tertiary/aromatic N) is 2. The van der Waals surface area contributed by atoms with Crippen molar-refractivity contribution in [3.8, 4) is 11.5 Å². The van der Waals surface area contributed by atoms with Crippen LogP contribution < -0.4 is 10.1 Å². The molecule has 2 aromatic rings. The number of methoxy groups -OCH3 is 1. The van der Waals surface area contributed by atoms with Gasteiger partial charge in [-0.05, 0) is 35.4 Å². The first-order valence-electron chi connectivity index (χ1n) is 7.59. The van der Waals surface area contributed by atoms with Crippen molar-refractivity contribution < 1.29 is 9.84 Å². The number of piperazine rings is 1. The first-order chi connectivity index (χ1) is 11.2. The van der Waals surface area contributed by atoms with Crippen LogP contribution in [0.4, 0.5) is 0 Å². The standard InChI is InChI=1S/C17H20BrN3O2/c1-23-17-9-14(18)13(8-16(17)22)11-21-7-6-20-10-15(21)12-2-4-19-5-3-12/h2-5,8-9,15,20,22H,6-7,10-11H2,1H3. The van der Waals surface area contributed by atoms with Crippen molar-refractivity contribution in [1.82, 2.24) is 15.2 Å². The van der Waals surface area contributed by atoms with Gasteiger partial charge in [-0.15, -0.1) is 0 Å². The van der Waals surface area contributed by atoms with Crippen molar-refractivity contribution in [2.45, 2.75) is 12.6 Å². The molecule has 2 N–H and O–H groups in total. The summed E-state index contributed by atoms with van der Waals surface area (Å²) in [7, 11) is 1.55. The zero-order chi connectivity index (χ0) is 16.2. The molecule has 0 amide bonds. The molecule has 0 saturated carbocycles. The maximum absolute atomic E-state index is 10.0. The predicted octanol–water partition coefficient (Wildman–Crippen LogP) is 2.70. The lowest BCUT2D eigenvalue weighted by Crippen LogP contribution is -2.45. The van der Waals surface area contributed by atoms with Gasteiger partial charge < -0.3 is 15.2 Å². The van der Waals surface area contributed by atoms with Crippen LogP contribution >= 0.6 is 15.9 Å². The summed E-state index contributed by atoms with van der Waals surface area (Å²) < 4.78 is 6.09. The second-order valence-electron chi connectivity index (χ2n) is 5.59. The summed E-state index contributed by atoms with van der Waals surface area (Å²) in [6, 6.07) is 8.00. The van der Waals surface area contributed by atoms with E-state index in [-0.39, 0.29) is 5.75 Å². The van der Waals surface area contributed by atoms with E-state index in [1.54, 1.807) is 13.2 Å². The fourth-order valence-electron chi connectivity index (χ4n) is 2.94. The van der Waals surface area contributed by atoms with Crippen molar-refractivity contribution in [2.24, 2.45) is 0 Å². The maximum Gasteiger partial charge on any atom is 0.161 e. The Morgan fingerprint density at radius 3 is 2.91 bits per heavy atom. The molecule has 1 saturated heterocycles. The molecule has 1 aliphatic heterocycles. The van der Waals surface area contributed by atoms with Crippen molar-refractivity contribution in [3.05, 3.63) is 52.3 Å². The lowest BCUT2D eigenvalue weighted by molar-refractivity contribution is 0.153. The normalized spacial score (nSPS) is 18.8. The maximum atomic E-state index is 10.0. The molecule has 122 valence electrons. The second kappa shape index (κ2) is 7.29. The van der Waals surface area contributed by atoms with Crippen molar-refractivity contribution in [2.75, 3.05) is 26.7 Å². The lowest BCUT2D eigenvalue weighted by atomic mass is 10.0. The molecule has 1 fully saturated rings. The number of aromatic hydroxyl groups is 1. The zero-order valence-corrected chi connectivity index (χ0v) is 14.6. The van der Waals surface area contributed by atoms with Gasteiger partial charge in [0.15, 0.2) is 11.5 Å². The Hall–Kier alpha value is -1.63. The van der Waals surface area contributed by atoms with Gasteiger partial charge in [-0.3, -0.25) is 9.88 Å². The molecule has 0 bridgehead atoms. The molecule has 1 unspecified atom stereocenters. The fourth-order valence-corrected chi connectivity index (χ4v) is 3.39. The summed E-state index contributed by atoms with van der Waals surface area (Å²) in [5, 5.41) is 13.5. The first kappa shape index (κ1) is 16.2. The summed E-state index contributed by atoms with van der Waals surface area (Å²) in [6.07, 6.45) is 3.66. The smallest absolute Gasteiger partial charge is 0.161 e. The molecule has 0 radical (unpaired) electrons. The summed E-state index contributed by atoms with van der Waals surface area (Å²) in [6.45, 7) is 3.57. The molecule has 3 rings (SSSR count). The predicted molar refractivity (Wildman–Crippen MR) is 92.6 cm³/mol. The van der Waals surface area contributed by atoms with Crippen LogP contribution in [0, 0.1) is 0 Å². The van der Waals surface area contributed by atoms with E-state index in [1.165, 1.54) is 5.56 Å². The number of rotatable bonds is 4. The van der Waals surface area contributed by atoms with Crippen LogP contribution in [0.5, 0.6) is 11.5 Å².